The molecule has 116 valence electrons. The van der Waals surface area contributed by atoms with Gasteiger partial charge in [-0.05, 0) is 30.3 Å². The van der Waals surface area contributed by atoms with Gasteiger partial charge < -0.3 is 4.42 Å². The van der Waals surface area contributed by atoms with Crippen molar-refractivity contribution in [2.45, 2.75) is 0 Å². The average Bonchev–Trinajstić information content (AvgIpc) is 3.16. The maximum atomic E-state index is 12.7. The van der Waals surface area contributed by atoms with Crippen molar-refractivity contribution < 1.29 is 9.21 Å². The topological polar surface area (TPSA) is 80.9 Å². The molecule has 4 aromatic rings. The van der Waals surface area contributed by atoms with Crippen LogP contribution < -0.4 is 5.32 Å². The second-order valence-corrected chi connectivity index (χ2v) is 5.08. The first kappa shape index (κ1) is 14.1. The van der Waals surface area contributed by atoms with Crippen molar-refractivity contribution in [3.05, 3.63) is 72.8 Å². The van der Waals surface area contributed by atoms with E-state index in [1.165, 1.54) is 0 Å². The molecule has 1 aromatic carbocycles. The van der Waals surface area contributed by atoms with Crippen molar-refractivity contribution in [2.24, 2.45) is 0 Å². The van der Waals surface area contributed by atoms with Gasteiger partial charge in [0.15, 0.2) is 5.76 Å². The number of aromatic nitrogens is 3. The van der Waals surface area contributed by atoms with E-state index in [0.717, 1.165) is 5.39 Å². The summed E-state index contributed by atoms with van der Waals surface area (Å²) in [6.07, 6.45) is 4.72. The summed E-state index contributed by atoms with van der Waals surface area (Å²) in [6.45, 7) is 0. The number of rotatable bonds is 3. The Labute approximate surface area is 137 Å². The second-order valence-electron chi connectivity index (χ2n) is 5.08. The molecule has 3 aromatic heterocycles. The summed E-state index contributed by atoms with van der Waals surface area (Å²) in [5.41, 5.74) is 1.79. The van der Waals surface area contributed by atoms with Crippen LogP contribution in [0.4, 0.5) is 5.95 Å². The van der Waals surface area contributed by atoms with E-state index in [2.05, 4.69) is 20.3 Å². The number of carbonyl (C=O) groups excluding carboxylic acids is 1. The summed E-state index contributed by atoms with van der Waals surface area (Å²) in [5.74, 6) is 0.557. The third kappa shape index (κ3) is 2.61. The van der Waals surface area contributed by atoms with Crippen molar-refractivity contribution >= 4 is 22.8 Å². The number of amides is 1. The minimum absolute atomic E-state index is 0.253. The first-order valence-corrected chi connectivity index (χ1v) is 7.33. The summed E-state index contributed by atoms with van der Waals surface area (Å²) in [4.78, 5) is 25.3. The van der Waals surface area contributed by atoms with Gasteiger partial charge in [-0.2, -0.15) is 0 Å². The predicted octanol–water partition coefficient (Wildman–Crippen LogP) is 3.54. The molecule has 0 spiro atoms. The lowest BCUT2D eigenvalue weighted by atomic mass is 10.1. The van der Waals surface area contributed by atoms with Gasteiger partial charge in [-0.25, -0.2) is 15.0 Å². The Bertz CT molecular complexity index is 998. The molecule has 0 unspecified atom stereocenters. The molecule has 0 aliphatic heterocycles. The van der Waals surface area contributed by atoms with Crippen LogP contribution >= 0.6 is 0 Å². The molecule has 0 fully saturated rings. The minimum Gasteiger partial charge on any atom is -0.463 e. The number of carbonyl (C=O) groups is 1. The van der Waals surface area contributed by atoms with Crippen molar-refractivity contribution in [3.63, 3.8) is 0 Å². The number of pyridine rings is 1. The molecular weight excluding hydrogens is 304 g/mol. The third-order valence-electron chi connectivity index (χ3n) is 3.53. The van der Waals surface area contributed by atoms with Crippen molar-refractivity contribution in [1.82, 2.24) is 15.0 Å². The Morgan fingerprint density at radius 3 is 2.62 bits per heavy atom. The molecular formula is C18H12N4O2. The average molecular weight is 316 g/mol. The van der Waals surface area contributed by atoms with Gasteiger partial charge >= 0.3 is 0 Å². The van der Waals surface area contributed by atoms with E-state index in [9.17, 15) is 4.79 Å². The van der Waals surface area contributed by atoms with Crippen LogP contribution in [0.25, 0.3) is 22.4 Å². The number of hydrogen-bond acceptors (Lipinski definition) is 5. The van der Waals surface area contributed by atoms with E-state index >= 15 is 0 Å². The highest BCUT2D eigenvalue weighted by Crippen LogP contribution is 2.25. The zero-order chi connectivity index (χ0) is 16.4. The maximum Gasteiger partial charge on any atom is 0.258 e. The Balaban J connectivity index is 1.82. The van der Waals surface area contributed by atoms with Crippen molar-refractivity contribution in [2.75, 3.05) is 5.32 Å². The SMILES string of the molecule is O=C(Nc1ncccn1)c1cc(-c2ccco2)nc2ccccc12. The Kier molecular flexibility index (Phi) is 3.47. The lowest BCUT2D eigenvalue weighted by Crippen LogP contribution is -2.15. The highest BCUT2D eigenvalue weighted by Gasteiger charge is 2.15. The number of nitrogens with one attached hydrogen (secondary N) is 1. The quantitative estimate of drug-likeness (QED) is 0.625. The van der Waals surface area contributed by atoms with Gasteiger partial charge in [-0.15, -0.1) is 0 Å². The molecule has 0 aliphatic carbocycles. The van der Waals surface area contributed by atoms with Gasteiger partial charge in [-0.3, -0.25) is 10.1 Å². The van der Waals surface area contributed by atoms with Crippen LogP contribution in [-0.4, -0.2) is 20.9 Å². The Morgan fingerprint density at radius 1 is 1.00 bits per heavy atom. The molecule has 24 heavy (non-hydrogen) atoms. The molecule has 0 saturated heterocycles. The number of para-hydroxylation sites is 1. The van der Waals surface area contributed by atoms with E-state index in [0.29, 0.717) is 22.5 Å². The number of furan rings is 1. The normalized spacial score (nSPS) is 10.7. The second kappa shape index (κ2) is 5.92. The monoisotopic (exact) mass is 316 g/mol. The maximum absolute atomic E-state index is 12.7. The van der Waals surface area contributed by atoms with Crippen LogP contribution in [-0.2, 0) is 0 Å². The number of hydrogen-bond donors (Lipinski definition) is 1. The number of benzene rings is 1. The standard InChI is InChI=1S/C18H12N4O2/c23-17(22-18-19-8-4-9-20-18)13-11-15(16-7-3-10-24-16)21-14-6-2-1-5-12(13)14/h1-11H,(H,19,20,22,23). The molecule has 1 N–H and O–H groups in total. The lowest BCUT2D eigenvalue weighted by molar-refractivity contribution is 0.102. The largest absolute Gasteiger partial charge is 0.463 e. The summed E-state index contributed by atoms with van der Waals surface area (Å²) in [6, 6.07) is 14.4. The zero-order valence-corrected chi connectivity index (χ0v) is 12.5. The van der Waals surface area contributed by atoms with Crippen LogP contribution in [0.1, 0.15) is 10.4 Å². The third-order valence-corrected chi connectivity index (χ3v) is 3.53. The van der Waals surface area contributed by atoms with Gasteiger partial charge in [0.05, 0.1) is 17.3 Å². The fourth-order valence-electron chi connectivity index (χ4n) is 2.45. The fourth-order valence-corrected chi connectivity index (χ4v) is 2.45. The van der Waals surface area contributed by atoms with Crippen LogP contribution in [0, 0.1) is 0 Å². The molecule has 0 atom stereocenters. The minimum atomic E-state index is -0.299. The van der Waals surface area contributed by atoms with E-state index in [1.54, 1.807) is 42.9 Å². The Hall–Kier alpha value is -3.54. The summed E-state index contributed by atoms with van der Waals surface area (Å²) >= 11 is 0. The molecule has 0 saturated carbocycles. The van der Waals surface area contributed by atoms with E-state index < -0.39 is 0 Å². The molecule has 6 nitrogen and oxygen atoms in total. The van der Waals surface area contributed by atoms with Crippen molar-refractivity contribution in [1.29, 1.82) is 0 Å². The molecule has 0 aliphatic rings. The van der Waals surface area contributed by atoms with Crippen LogP contribution in [0.3, 0.4) is 0 Å². The zero-order valence-electron chi connectivity index (χ0n) is 12.5. The highest BCUT2D eigenvalue weighted by atomic mass is 16.3. The first-order chi connectivity index (χ1) is 11.8. The Morgan fingerprint density at radius 2 is 1.83 bits per heavy atom. The molecule has 0 radical (unpaired) electrons. The molecule has 4 rings (SSSR count). The highest BCUT2D eigenvalue weighted by molar-refractivity contribution is 6.12. The molecule has 3 heterocycles. The van der Waals surface area contributed by atoms with Crippen molar-refractivity contribution in [3.8, 4) is 11.5 Å². The lowest BCUT2D eigenvalue weighted by Gasteiger charge is -2.08. The van der Waals surface area contributed by atoms with E-state index in [1.807, 2.05) is 24.3 Å². The molecule has 1 amide bonds. The smallest absolute Gasteiger partial charge is 0.258 e. The summed E-state index contributed by atoms with van der Waals surface area (Å²) in [7, 11) is 0. The first-order valence-electron chi connectivity index (χ1n) is 7.33. The number of fused-ring (bicyclic) bond motifs is 1. The van der Waals surface area contributed by atoms with Crippen LogP contribution in [0.5, 0.6) is 0 Å². The van der Waals surface area contributed by atoms with E-state index in [-0.39, 0.29) is 11.9 Å². The van der Waals surface area contributed by atoms with Gasteiger partial charge in [-0.1, -0.05) is 18.2 Å². The van der Waals surface area contributed by atoms with Gasteiger partial charge in [0.2, 0.25) is 5.95 Å². The van der Waals surface area contributed by atoms with Gasteiger partial charge in [0.25, 0.3) is 5.91 Å². The summed E-state index contributed by atoms with van der Waals surface area (Å²) in [5, 5.41) is 3.45. The number of anilines is 1. The van der Waals surface area contributed by atoms with E-state index in [4.69, 9.17) is 4.42 Å². The van der Waals surface area contributed by atoms with Crippen LogP contribution in [0.15, 0.2) is 71.6 Å². The summed E-state index contributed by atoms with van der Waals surface area (Å²) < 4.78 is 5.40. The van der Waals surface area contributed by atoms with Crippen LogP contribution in [0.2, 0.25) is 0 Å². The number of nitrogens with zero attached hydrogens (tertiary/aromatic N) is 3. The fraction of sp³-hybridized carbons (Fsp3) is 0. The van der Waals surface area contributed by atoms with Gasteiger partial charge in [0, 0.05) is 17.8 Å². The van der Waals surface area contributed by atoms with Gasteiger partial charge in [0.1, 0.15) is 5.69 Å². The predicted molar refractivity (Wildman–Crippen MR) is 89.4 cm³/mol. The molecule has 6 heteroatoms. The molecule has 0 bridgehead atoms.